The lowest BCUT2D eigenvalue weighted by molar-refractivity contribution is 0.207. The molecule has 1 aromatic heterocycles. The normalized spacial score (nSPS) is 16.3. The van der Waals surface area contributed by atoms with Crippen LogP contribution in [0.5, 0.6) is 5.75 Å². The van der Waals surface area contributed by atoms with E-state index in [4.69, 9.17) is 5.11 Å². The summed E-state index contributed by atoms with van der Waals surface area (Å²) in [6, 6.07) is 1.27. The molecule has 0 unspecified atom stereocenters. The van der Waals surface area contributed by atoms with Crippen LogP contribution in [0.3, 0.4) is 0 Å². The first-order chi connectivity index (χ1) is 10.2. The molecule has 3 N–H and O–H groups in total. The molecule has 1 aromatic rings. The Morgan fingerprint density at radius 1 is 1.14 bits per heavy atom. The molecule has 1 aliphatic rings. The summed E-state index contributed by atoms with van der Waals surface area (Å²) >= 11 is 0. The average Bonchev–Trinajstić information content (AvgIpc) is 2.51. The summed E-state index contributed by atoms with van der Waals surface area (Å²) in [6.45, 7) is 2.66. The maximum atomic E-state index is 11.8. The van der Waals surface area contributed by atoms with Crippen molar-refractivity contribution in [3.05, 3.63) is 27.7 Å². The molecule has 118 valence electrons. The number of nitrogens with zero attached hydrogens (tertiary/aromatic N) is 2. The van der Waals surface area contributed by atoms with E-state index in [-0.39, 0.29) is 19.0 Å². The van der Waals surface area contributed by atoms with Crippen molar-refractivity contribution in [1.29, 1.82) is 0 Å². The van der Waals surface area contributed by atoms with Crippen LogP contribution in [0.15, 0.2) is 10.9 Å². The van der Waals surface area contributed by atoms with Crippen molar-refractivity contribution < 1.29 is 15.3 Å². The molecule has 21 heavy (non-hydrogen) atoms. The third kappa shape index (κ3) is 3.84. The van der Waals surface area contributed by atoms with Gasteiger partial charge in [-0.15, -0.1) is 0 Å². The fraction of sp³-hybridized carbons (Fsp3) is 0.667. The Morgan fingerprint density at radius 3 is 2.48 bits per heavy atom. The first-order valence-electron chi connectivity index (χ1n) is 7.56. The second kappa shape index (κ2) is 7.59. The fourth-order valence-electron chi connectivity index (χ4n) is 2.87. The predicted molar refractivity (Wildman–Crippen MR) is 79.1 cm³/mol. The average molecular weight is 296 g/mol. The molecule has 6 heteroatoms. The molecule has 2 rings (SSSR count). The van der Waals surface area contributed by atoms with Crippen LogP contribution >= 0.6 is 0 Å². The lowest BCUT2D eigenvalue weighted by Gasteiger charge is -2.28. The van der Waals surface area contributed by atoms with Crippen LogP contribution in [-0.4, -0.2) is 44.5 Å². The smallest absolute Gasteiger partial charge is 0.223 e. The summed E-state index contributed by atoms with van der Waals surface area (Å²) in [4.78, 5) is 14.1. The molecule has 0 amide bonds. The lowest BCUT2D eigenvalue weighted by Crippen LogP contribution is -2.32. The van der Waals surface area contributed by atoms with Gasteiger partial charge in [0, 0.05) is 31.5 Å². The summed E-state index contributed by atoms with van der Waals surface area (Å²) in [7, 11) is 0. The summed E-state index contributed by atoms with van der Waals surface area (Å²) < 4.78 is 1.77. The van der Waals surface area contributed by atoms with Gasteiger partial charge < -0.3 is 19.9 Å². The van der Waals surface area contributed by atoms with Crippen molar-refractivity contribution in [2.24, 2.45) is 0 Å². The quantitative estimate of drug-likeness (QED) is 0.708. The Morgan fingerprint density at radius 2 is 1.86 bits per heavy atom. The van der Waals surface area contributed by atoms with Crippen molar-refractivity contribution in [3.8, 4) is 5.75 Å². The molecule has 1 fully saturated rings. The van der Waals surface area contributed by atoms with E-state index in [9.17, 15) is 15.0 Å². The molecule has 0 aromatic carbocycles. The molecule has 2 heterocycles. The molecule has 1 saturated heterocycles. The van der Waals surface area contributed by atoms with E-state index in [1.807, 2.05) is 0 Å². The third-order valence-corrected chi connectivity index (χ3v) is 4.00. The molecule has 0 aliphatic carbocycles. The number of aliphatic hydroxyl groups excluding tert-OH is 2. The first-order valence-corrected chi connectivity index (χ1v) is 7.56. The second-order valence-electron chi connectivity index (χ2n) is 5.52. The Kier molecular flexibility index (Phi) is 5.78. The number of likely N-dealkylation sites (tertiary alicyclic amines) is 1. The van der Waals surface area contributed by atoms with Gasteiger partial charge >= 0.3 is 0 Å². The molecule has 1 aliphatic heterocycles. The standard InChI is InChI=1S/C15H24N2O4/c18-8-4-7-17-12(11-19)9-14(20)15(21)13(17)10-16-5-2-1-3-6-16/h9,18-19,21H,1-8,10-11H2. The van der Waals surface area contributed by atoms with Gasteiger partial charge in [-0.3, -0.25) is 9.69 Å². The Labute approximate surface area is 124 Å². The lowest BCUT2D eigenvalue weighted by atomic mass is 10.1. The van der Waals surface area contributed by atoms with E-state index in [2.05, 4.69) is 4.90 Å². The highest BCUT2D eigenvalue weighted by Crippen LogP contribution is 2.20. The number of hydrogen-bond donors (Lipinski definition) is 3. The van der Waals surface area contributed by atoms with Crippen molar-refractivity contribution in [2.45, 2.75) is 45.4 Å². The van der Waals surface area contributed by atoms with Gasteiger partial charge in [0.15, 0.2) is 5.75 Å². The highest BCUT2D eigenvalue weighted by molar-refractivity contribution is 5.30. The van der Waals surface area contributed by atoms with E-state index in [0.717, 1.165) is 25.9 Å². The highest BCUT2D eigenvalue weighted by atomic mass is 16.3. The summed E-state index contributed by atoms with van der Waals surface area (Å²) in [5, 5.41) is 28.6. The van der Waals surface area contributed by atoms with E-state index in [1.54, 1.807) is 4.57 Å². The zero-order valence-corrected chi connectivity index (χ0v) is 12.3. The van der Waals surface area contributed by atoms with Crippen molar-refractivity contribution in [2.75, 3.05) is 19.7 Å². The zero-order valence-electron chi connectivity index (χ0n) is 12.3. The number of aromatic nitrogens is 1. The van der Waals surface area contributed by atoms with Gasteiger partial charge in [0.05, 0.1) is 12.3 Å². The molecule has 0 radical (unpaired) electrons. The van der Waals surface area contributed by atoms with Crippen LogP contribution in [0.25, 0.3) is 0 Å². The highest BCUT2D eigenvalue weighted by Gasteiger charge is 2.18. The summed E-state index contributed by atoms with van der Waals surface area (Å²) in [5.74, 6) is -0.240. The van der Waals surface area contributed by atoms with Crippen LogP contribution in [0.4, 0.5) is 0 Å². The van der Waals surface area contributed by atoms with Crippen molar-refractivity contribution in [1.82, 2.24) is 9.47 Å². The Hall–Kier alpha value is -1.37. The Bertz CT molecular complexity index is 521. The van der Waals surface area contributed by atoms with E-state index >= 15 is 0 Å². The molecule has 6 nitrogen and oxygen atoms in total. The number of rotatable bonds is 6. The predicted octanol–water partition coefficient (Wildman–Crippen LogP) is 0.414. The summed E-state index contributed by atoms with van der Waals surface area (Å²) in [6.07, 6.45) is 3.99. The number of aliphatic hydroxyl groups is 2. The molecule has 0 atom stereocenters. The Balaban J connectivity index is 2.34. The molecule has 0 spiro atoms. The number of piperidine rings is 1. The maximum Gasteiger partial charge on any atom is 0.223 e. The van der Waals surface area contributed by atoms with Gasteiger partial charge in [-0.1, -0.05) is 6.42 Å². The van der Waals surface area contributed by atoms with Crippen molar-refractivity contribution in [3.63, 3.8) is 0 Å². The SMILES string of the molecule is O=c1cc(CO)n(CCCO)c(CN2CCCCC2)c1O. The number of hydrogen-bond acceptors (Lipinski definition) is 5. The van der Waals surface area contributed by atoms with Crippen LogP contribution in [0.1, 0.15) is 37.1 Å². The minimum atomic E-state index is -0.452. The number of pyridine rings is 1. The number of aromatic hydroxyl groups is 1. The zero-order chi connectivity index (χ0) is 15.2. The maximum absolute atomic E-state index is 11.8. The molecule has 0 saturated carbocycles. The van der Waals surface area contributed by atoms with Gasteiger partial charge in [-0.05, 0) is 32.4 Å². The minimum Gasteiger partial charge on any atom is -0.503 e. The van der Waals surface area contributed by atoms with Gasteiger partial charge in [-0.2, -0.15) is 0 Å². The van der Waals surface area contributed by atoms with E-state index < -0.39 is 5.43 Å². The van der Waals surface area contributed by atoms with Crippen LogP contribution in [0.2, 0.25) is 0 Å². The molecule has 0 bridgehead atoms. The largest absolute Gasteiger partial charge is 0.503 e. The van der Waals surface area contributed by atoms with Crippen LogP contribution in [-0.2, 0) is 19.7 Å². The van der Waals surface area contributed by atoms with Gasteiger partial charge in [0.25, 0.3) is 0 Å². The van der Waals surface area contributed by atoms with E-state index in [1.165, 1.54) is 12.5 Å². The topological polar surface area (TPSA) is 85.9 Å². The summed E-state index contributed by atoms with van der Waals surface area (Å²) in [5.41, 5.74) is 0.575. The molecular weight excluding hydrogens is 272 g/mol. The minimum absolute atomic E-state index is 0.0287. The second-order valence-corrected chi connectivity index (χ2v) is 5.52. The van der Waals surface area contributed by atoms with Crippen LogP contribution < -0.4 is 5.43 Å². The van der Waals surface area contributed by atoms with Gasteiger partial charge in [0.1, 0.15) is 0 Å². The third-order valence-electron chi connectivity index (χ3n) is 4.00. The fourth-order valence-corrected chi connectivity index (χ4v) is 2.87. The van der Waals surface area contributed by atoms with Gasteiger partial charge in [-0.25, -0.2) is 0 Å². The first kappa shape index (κ1) is 16.0. The van der Waals surface area contributed by atoms with E-state index in [0.29, 0.717) is 30.9 Å². The van der Waals surface area contributed by atoms with Crippen LogP contribution in [0, 0.1) is 0 Å². The van der Waals surface area contributed by atoms with Gasteiger partial charge in [0.2, 0.25) is 5.43 Å². The monoisotopic (exact) mass is 296 g/mol. The van der Waals surface area contributed by atoms with Crippen molar-refractivity contribution >= 4 is 0 Å². The molecular formula is C15H24N2O4.